The minimum atomic E-state index is -0.548. The molecule has 4 rings (SSSR count). The van der Waals surface area contributed by atoms with E-state index in [9.17, 15) is 14.4 Å². The molecular formula is C27H23FN2O4. The molecule has 0 fully saturated rings. The van der Waals surface area contributed by atoms with Gasteiger partial charge in [0.05, 0.1) is 18.1 Å². The van der Waals surface area contributed by atoms with Crippen molar-refractivity contribution in [3.63, 3.8) is 0 Å². The summed E-state index contributed by atoms with van der Waals surface area (Å²) in [7, 11) is 0. The number of fused-ring (bicyclic) bond motifs is 1. The van der Waals surface area contributed by atoms with Crippen molar-refractivity contribution in [1.82, 2.24) is 0 Å². The average molecular weight is 458 g/mol. The van der Waals surface area contributed by atoms with Crippen molar-refractivity contribution in [3.8, 4) is 23.3 Å². The quantitative estimate of drug-likeness (QED) is 0.288. The van der Waals surface area contributed by atoms with Gasteiger partial charge in [0.15, 0.2) is 0 Å². The lowest BCUT2D eigenvalue weighted by Gasteiger charge is -2.26. The van der Waals surface area contributed by atoms with E-state index in [1.54, 1.807) is 54.6 Å². The number of hydrogen-bond acceptors (Lipinski definition) is 6. The fraction of sp³-hybridized carbons (Fsp3) is 0.185. The van der Waals surface area contributed by atoms with Crippen LogP contribution in [0, 0.1) is 17.1 Å². The Hall–Kier alpha value is -4.31. The molecule has 2 N–H and O–H groups in total. The number of nitrogens with two attached hydrogens (primary N) is 1. The number of carbonyl (C=O) groups is 1. The van der Waals surface area contributed by atoms with E-state index in [0.717, 1.165) is 12.8 Å². The van der Waals surface area contributed by atoms with Crippen molar-refractivity contribution < 1.29 is 23.4 Å². The minimum Gasteiger partial charge on any atom is -0.494 e. The molecule has 0 radical (unpaired) electrons. The Morgan fingerprint density at radius 1 is 1.12 bits per heavy atom. The van der Waals surface area contributed by atoms with Crippen LogP contribution in [0.3, 0.4) is 0 Å². The molecule has 1 unspecified atom stereocenters. The van der Waals surface area contributed by atoms with Gasteiger partial charge >= 0.3 is 5.97 Å². The summed E-state index contributed by atoms with van der Waals surface area (Å²) in [6, 6.07) is 19.6. The average Bonchev–Trinajstić information content (AvgIpc) is 2.84. The van der Waals surface area contributed by atoms with E-state index >= 15 is 0 Å². The number of esters is 1. The van der Waals surface area contributed by atoms with Crippen molar-refractivity contribution >= 4 is 5.97 Å². The van der Waals surface area contributed by atoms with E-state index in [4.69, 9.17) is 19.9 Å². The van der Waals surface area contributed by atoms with E-state index in [-0.39, 0.29) is 23.0 Å². The Balaban J connectivity index is 1.58. The van der Waals surface area contributed by atoms with Gasteiger partial charge in [0.25, 0.3) is 0 Å². The summed E-state index contributed by atoms with van der Waals surface area (Å²) < 4.78 is 30.3. The Morgan fingerprint density at radius 2 is 1.91 bits per heavy atom. The van der Waals surface area contributed by atoms with Crippen LogP contribution < -0.4 is 19.9 Å². The highest BCUT2D eigenvalue weighted by molar-refractivity contribution is 5.91. The summed E-state index contributed by atoms with van der Waals surface area (Å²) in [6.45, 7) is 2.65. The summed E-state index contributed by atoms with van der Waals surface area (Å²) in [5.74, 6) is -0.303. The normalized spacial score (nSPS) is 14.6. The third kappa shape index (κ3) is 4.86. The Kier molecular flexibility index (Phi) is 6.79. The number of unbranched alkanes of at least 4 members (excludes halogenated alkanes) is 1. The van der Waals surface area contributed by atoms with E-state index in [1.807, 2.05) is 0 Å². The van der Waals surface area contributed by atoms with Crippen LogP contribution in [0.25, 0.3) is 0 Å². The second kappa shape index (κ2) is 10.1. The number of halogens is 1. The Morgan fingerprint density at radius 3 is 2.65 bits per heavy atom. The van der Waals surface area contributed by atoms with Gasteiger partial charge in [-0.3, -0.25) is 0 Å². The standard InChI is InChI=1S/C27H23FN2O4/c1-2-3-13-32-20-6-4-5-18(14-20)27(31)33-21-11-12-22-24(15-21)34-26(30)23(16-29)25(22)17-7-9-19(28)10-8-17/h4-12,14-15,25H,2-3,13,30H2,1H3. The molecule has 3 aromatic carbocycles. The molecule has 1 aliphatic rings. The molecule has 1 aliphatic heterocycles. The van der Waals surface area contributed by atoms with Crippen LogP contribution in [0.1, 0.15) is 47.2 Å². The topological polar surface area (TPSA) is 94.6 Å². The molecule has 0 aliphatic carbocycles. The lowest BCUT2D eigenvalue weighted by Crippen LogP contribution is -2.21. The number of hydrogen-bond donors (Lipinski definition) is 1. The van der Waals surface area contributed by atoms with Crippen molar-refractivity contribution in [3.05, 3.63) is 101 Å². The summed E-state index contributed by atoms with van der Waals surface area (Å²) in [6.07, 6.45) is 1.94. The molecule has 0 amide bonds. The molecule has 6 nitrogen and oxygen atoms in total. The third-order valence-corrected chi connectivity index (χ3v) is 5.44. The maximum absolute atomic E-state index is 13.4. The number of rotatable bonds is 7. The number of nitrogens with zero attached hydrogens (tertiary/aromatic N) is 1. The first-order chi connectivity index (χ1) is 16.5. The van der Waals surface area contributed by atoms with E-state index in [1.165, 1.54) is 12.1 Å². The lowest BCUT2D eigenvalue weighted by atomic mass is 9.83. The largest absolute Gasteiger partial charge is 0.494 e. The predicted molar refractivity (Wildman–Crippen MR) is 124 cm³/mol. The van der Waals surface area contributed by atoms with Crippen LogP contribution in [0.5, 0.6) is 17.2 Å². The third-order valence-electron chi connectivity index (χ3n) is 5.44. The smallest absolute Gasteiger partial charge is 0.343 e. The molecule has 0 saturated carbocycles. The van der Waals surface area contributed by atoms with Crippen LogP contribution in [0.4, 0.5) is 4.39 Å². The zero-order chi connectivity index (χ0) is 24.1. The van der Waals surface area contributed by atoms with Gasteiger partial charge in [-0.1, -0.05) is 37.6 Å². The van der Waals surface area contributed by atoms with Gasteiger partial charge in [0.2, 0.25) is 5.88 Å². The van der Waals surface area contributed by atoms with Crippen LogP contribution in [0.15, 0.2) is 78.2 Å². The lowest BCUT2D eigenvalue weighted by molar-refractivity contribution is 0.0734. The predicted octanol–water partition coefficient (Wildman–Crippen LogP) is 5.44. The van der Waals surface area contributed by atoms with Crippen LogP contribution in [-0.4, -0.2) is 12.6 Å². The van der Waals surface area contributed by atoms with E-state index in [0.29, 0.717) is 34.8 Å². The van der Waals surface area contributed by atoms with Crippen molar-refractivity contribution in [1.29, 1.82) is 5.26 Å². The molecule has 34 heavy (non-hydrogen) atoms. The van der Waals surface area contributed by atoms with Gasteiger partial charge in [-0.15, -0.1) is 0 Å². The minimum absolute atomic E-state index is 0.0512. The first-order valence-corrected chi connectivity index (χ1v) is 10.9. The monoisotopic (exact) mass is 458 g/mol. The van der Waals surface area contributed by atoms with Crippen LogP contribution >= 0.6 is 0 Å². The highest BCUT2D eigenvalue weighted by Gasteiger charge is 2.31. The molecule has 0 spiro atoms. The number of benzene rings is 3. The first-order valence-electron chi connectivity index (χ1n) is 10.9. The summed E-state index contributed by atoms with van der Waals surface area (Å²) >= 11 is 0. The molecular weight excluding hydrogens is 435 g/mol. The maximum atomic E-state index is 13.4. The van der Waals surface area contributed by atoms with Crippen molar-refractivity contribution in [2.45, 2.75) is 25.7 Å². The zero-order valence-corrected chi connectivity index (χ0v) is 18.6. The van der Waals surface area contributed by atoms with Gasteiger partial charge in [-0.05, 0) is 48.4 Å². The SMILES string of the molecule is CCCCOc1cccc(C(=O)Oc2ccc3c(c2)OC(N)=C(C#N)C3c2ccc(F)cc2)c1. The summed E-state index contributed by atoms with van der Waals surface area (Å²) in [4.78, 5) is 12.7. The molecule has 0 bridgehead atoms. The molecule has 172 valence electrons. The molecule has 1 atom stereocenters. The molecule has 0 aromatic heterocycles. The first kappa shape index (κ1) is 22.9. The fourth-order valence-electron chi connectivity index (χ4n) is 3.71. The van der Waals surface area contributed by atoms with Crippen LogP contribution in [0.2, 0.25) is 0 Å². The second-order valence-corrected chi connectivity index (χ2v) is 7.80. The summed E-state index contributed by atoms with van der Waals surface area (Å²) in [5.41, 5.74) is 7.93. The summed E-state index contributed by atoms with van der Waals surface area (Å²) in [5, 5.41) is 9.64. The fourth-order valence-corrected chi connectivity index (χ4v) is 3.71. The van der Waals surface area contributed by atoms with Gasteiger partial charge in [0, 0.05) is 11.6 Å². The second-order valence-electron chi connectivity index (χ2n) is 7.80. The molecule has 7 heteroatoms. The Bertz CT molecular complexity index is 1280. The zero-order valence-electron chi connectivity index (χ0n) is 18.6. The van der Waals surface area contributed by atoms with E-state index < -0.39 is 11.9 Å². The number of nitriles is 1. The molecule has 0 saturated heterocycles. The Labute approximate surface area is 197 Å². The van der Waals surface area contributed by atoms with Gasteiger partial charge in [-0.25, -0.2) is 9.18 Å². The molecule has 1 heterocycles. The van der Waals surface area contributed by atoms with Crippen molar-refractivity contribution in [2.24, 2.45) is 5.73 Å². The van der Waals surface area contributed by atoms with Gasteiger partial charge in [0.1, 0.15) is 34.7 Å². The highest BCUT2D eigenvalue weighted by Crippen LogP contribution is 2.43. The highest BCUT2D eigenvalue weighted by atomic mass is 19.1. The number of ether oxygens (including phenoxy) is 3. The van der Waals surface area contributed by atoms with Crippen LogP contribution in [-0.2, 0) is 0 Å². The van der Waals surface area contributed by atoms with Gasteiger partial charge < -0.3 is 19.9 Å². The van der Waals surface area contributed by atoms with Gasteiger partial charge in [-0.2, -0.15) is 5.26 Å². The number of carbonyl (C=O) groups excluding carboxylic acids is 1. The van der Waals surface area contributed by atoms with Crippen molar-refractivity contribution in [2.75, 3.05) is 6.61 Å². The number of allylic oxidation sites excluding steroid dienone is 1. The molecule has 3 aromatic rings. The maximum Gasteiger partial charge on any atom is 0.343 e. The van der Waals surface area contributed by atoms with E-state index in [2.05, 4.69) is 13.0 Å².